The zero-order valence-electron chi connectivity index (χ0n) is 9.07. The fraction of sp³-hybridized carbons (Fsp3) is 0.700. The zero-order chi connectivity index (χ0) is 11.0. The third-order valence-electron chi connectivity index (χ3n) is 2.84. The molecule has 0 aliphatic heterocycles. The summed E-state index contributed by atoms with van der Waals surface area (Å²) in [5.74, 6) is 6.30. The van der Waals surface area contributed by atoms with Crippen LogP contribution in [0, 0.1) is 5.92 Å². The second-order valence-corrected chi connectivity index (χ2v) is 5.25. The van der Waals surface area contributed by atoms with Crippen molar-refractivity contribution in [2.75, 3.05) is 0 Å². The van der Waals surface area contributed by atoms with Crippen LogP contribution in [0.25, 0.3) is 0 Å². The van der Waals surface area contributed by atoms with Crippen LogP contribution in [0.1, 0.15) is 44.5 Å². The van der Waals surface area contributed by atoms with E-state index in [9.17, 15) is 0 Å². The van der Waals surface area contributed by atoms with Gasteiger partial charge in [0.1, 0.15) is 0 Å². The van der Waals surface area contributed by atoms with Gasteiger partial charge in [0.15, 0.2) is 0 Å². The van der Waals surface area contributed by atoms with Gasteiger partial charge in [-0.3, -0.25) is 16.0 Å². The highest BCUT2D eigenvalue weighted by Crippen LogP contribution is 2.42. The fourth-order valence-corrected chi connectivity index (χ4v) is 2.44. The zero-order valence-corrected chi connectivity index (χ0v) is 10.7. The molecule has 2 rings (SSSR count). The monoisotopic (exact) mass is 272 g/mol. The van der Waals surface area contributed by atoms with Crippen LogP contribution < -0.4 is 11.3 Å². The molecule has 0 amide bonds. The lowest BCUT2D eigenvalue weighted by molar-refractivity contribution is 0.420. The second-order valence-electron chi connectivity index (χ2n) is 4.40. The Morgan fingerprint density at radius 2 is 2.27 bits per heavy atom. The number of nitrogens with one attached hydrogen (secondary N) is 1. The van der Waals surface area contributed by atoms with E-state index < -0.39 is 0 Å². The minimum absolute atomic E-state index is 0.226. The minimum atomic E-state index is 0.226. The summed E-state index contributed by atoms with van der Waals surface area (Å²) in [6, 6.07) is 0.588. The lowest BCUT2D eigenvalue weighted by Gasteiger charge is -2.19. The minimum Gasteiger partial charge on any atom is -0.271 e. The highest BCUT2D eigenvalue weighted by molar-refractivity contribution is 9.10. The van der Waals surface area contributed by atoms with E-state index in [1.165, 1.54) is 18.5 Å². The van der Waals surface area contributed by atoms with Crippen LogP contribution in [0.4, 0.5) is 0 Å². The number of aromatic nitrogens is 2. The summed E-state index contributed by atoms with van der Waals surface area (Å²) in [4.78, 5) is 0. The molecule has 0 aromatic carbocycles. The molecule has 0 bridgehead atoms. The highest BCUT2D eigenvalue weighted by atomic mass is 79.9. The van der Waals surface area contributed by atoms with E-state index >= 15 is 0 Å². The molecule has 1 aromatic rings. The number of hydrogen-bond acceptors (Lipinski definition) is 3. The predicted octanol–water partition coefficient (Wildman–Crippen LogP) is 2.14. The molecule has 1 saturated carbocycles. The van der Waals surface area contributed by atoms with Crippen molar-refractivity contribution in [1.29, 1.82) is 0 Å². The third kappa shape index (κ3) is 2.09. The first-order valence-electron chi connectivity index (χ1n) is 5.34. The van der Waals surface area contributed by atoms with Crippen molar-refractivity contribution in [2.24, 2.45) is 11.8 Å². The summed E-state index contributed by atoms with van der Waals surface area (Å²) in [6.07, 6.45) is 4.36. The Morgan fingerprint density at radius 3 is 2.73 bits per heavy atom. The average molecular weight is 273 g/mol. The van der Waals surface area contributed by atoms with Gasteiger partial charge in [0, 0.05) is 6.04 Å². The first-order valence-corrected chi connectivity index (χ1v) is 6.13. The van der Waals surface area contributed by atoms with Gasteiger partial charge in [-0.15, -0.1) is 0 Å². The predicted molar refractivity (Wildman–Crippen MR) is 63.1 cm³/mol. The summed E-state index contributed by atoms with van der Waals surface area (Å²) in [5.41, 5.74) is 4.09. The van der Waals surface area contributed by atoms with Crippen LogP contribution in [0.3, 0.4) is 0 Å². The summed E-state index contributed by atoms with van der Waals surface area (Å²) in [6.45, 7) is 4.26. The topological polar surface area (TPSA) is 55.9 Å². The largest absolute Gasteiger partial charge is 0.271 e. The Morgan fingerprint density at radius 1 is 1.60 bits per heavy atom. The normalized spacial score (nSPS) is 18.5. The van der Waals surface area contributed by atoms with Gasteiger partial charge in [-0.05, 0) is 48.5 Å². The summed E-state index contributed by atoms with van der Waals surface area (Å²) in [7, 11) is 0. The van der Waals surface area contributed by atoms with Gasteiger partial charge in [-0.1, -0.05) is 0 Å². The molecule has 0 spiro atoms. The molecule has 1 aliphatic rings. The molecule has 1 aliphatic carbocycles. The van der Waals surface area contributed by atoms with E-state index in [4.69, 9.17) is 5.84 Å². The molecular formula is C10H17BrN4. The van der Waals surface area contributed by atoms with Gasteiger partial charge in [0.25, 0.3) is 0 Å². The van der Waals surface area contributed by atoms with E-state index in [2.05, 4.69) is 40.3 Å². The average Bonchev–Trinajstić information content (AvgIpc) is 2.93. The molecule has 1 fully saturated rings. The van der Waals surface area contributed by atoms with Crippen molar-refractivity contribution < 1.29 is 0 Å². The molecule has 4 nitrogen and oxygen atoms in total. The highest BCUT2D eigenvalue weighted by Gasteiger charge is 2.35. The Labute approximate surface area is 98.3 Å². The summed E-state index contributed by atoms with van der Waals surface area (Å²) in [5, 5.41) is 4.37. The van der Waals surface area contributed by atoms with Crippen molar-refractivity contribution >= 4 is 15.9 Å². The van der Waals surface area contributed by atoms with Gasteiger partial charge in [-0.25, -0.2) is 0 Å². The van der Waals surface area contributed by atoms with Crippen molar-refractivity contribution in [3.8, 4) is 0 Å². The van der Waals surface area contributed by atoms with Gasteiger partial charge >= 0.3 is 0 Å². The van der Waals surface area contributed by atoms with Crippen molar-refractivity contribution in [3.05, 3.63) is 16.4 Å². The van der Waals surface area contributed by atoms with E-state index in [-0.39, 0.29) is 6.04 Å². The van der Waals surface area contributed by atoms with Crippen LogP contribution in [-0.4, -0.2) is 9.78 Å². The maximum atomic E-state index is 5.63. The smallest absolute Gasteiger partial charge is 0.0715 e. The lowest BCUT2D eigenvalue weighted by Crippen LogP contribution is -2.32. The van der Waals surface area contributed by atoms with E-state index in [1.807, 2.05) is 10.9 Å². The molecule has 1 heterocycles. The Kier molecular flexibility index (Phi) is 3.13. The Hall–Kier alpha value is -0.390. The van der Waals surface area contributed by atoms with E-state index in [1.54, 1.807) is 0 Å². The molecule has 3 N–H and O–H groups in total. The van der Waals surface area contributed by atoms with Crippen LogP contribution in [0.15, 0.2) is 10.7 Å². The molecule has 0 radical (unpaired) electrons. The molecule has 0 saturated heterocycles. The summed E-state index contributed by atoms with van der Waals surface area (Å²) < 4.78 is 3.08. The van der Waals surface area contributed by atoms with Crippen molar-refractivity contribution in [2.45, 2.75) is 38.8 Å². The fourth-order valence-electron chi connectivity index (χ4n) is 1.92. The molecule has 1 atom stereocenters. The van der Waals surface area contributed by atoms with Gasteiger partial charge in [0.2, 0.25) is 0 Å². The second kappa shape index (κ2) is 4.23. The maximum Gasteiger partial charge on any atom is 0.0715 e. The van der Waals surface area contributed by atoms with E-state index in [0.29, 0.717) is 12.0 Å². The number of nitrogens with two attached hydrogens (primary N) is 1. The lowest BCUT2D eigenvalue weighted by atomic mass is 10.1. The number of hydrazine groups is 1. The number of hydrogen-bond donors (Lipinski definition) is 2. The number of nitrogens with zero attached hydrogens (tertiary/aromatic N) is 2. The van der Waals surface area contributed by atoms with Gasteiger partial charge < -0.3 is 0 Å². The molecule has 1 unspecified atom stereocenters. The van der Waals surface area contributed by atoms with Gasteiger partial charge in [-0.2, -0.15) is 5.10 Å². The number of rotatable bonds is 4. The van der Waals surface area contributed by atoms with Crippen LogP contribution in [0.2, 0.25) is 0 Å². The van der Waals surface area contributed by atoms with Gasteiger partial charge in [0.05, 0.1) is 22.4 Å². The first kappa shape index (κ1) is 11.1. The van der Waals surface area contributed by atoms with Crippen LogP contribution >= 0.6 is 15.9 Å². The quantitative estimate of drug-likeness (QED) is 0.652. The first-order chi connectivity index (χ1) is 7.15. The Balaban J connectivity index is 2.34. The third-order valence-corrected chi connectivity index (χ3v) is 3.45. The molecular weight excluding hydrogens is 256 g/mol. The molecule has 1 aromatic heterocycles. The van der Waals surface area contributed by atoms with Crippen LogP contribution in [-0.2, 0) is 0 Å². The van der Waals surface area contributed by atoms with E-state index in [0.717, 1.165) is 4.47 Å². The molecule has 5 heteroatoms. The van der Waals surface area contributed by atoms with Crippen molar-refractivity contribution in [1.82, 2.24) is 15.2 Å². The SMILES string of the molecule is CC(C)n1ncc(Br)c1C(NN)C1CC1. The number of halogens is 1. The van der Waals surface area contributed by atoms with Crippen molar-refractivity contribution in [3.63, 3.8) is 0 Å². The Bertz CT molecular complexity index is 343. The summed E-state index contributed by atoms with van der Waals surface area (Å²) >= 11 is 3.54. The molecule has 15 heavy (non-hydrogen) atoms. The van der Waals surface area contributed by atoms with Crippen LogP contribution in [0.5, 0.6) is 0 Å². The maximum absolute atomic E-state index is 5.63. The standard InChI is InChI=1S/C10H17BrN4/c1-6(2)15-10(8(11)5-13-15)9(14-12)7-3-4-7/h5-7,9,14H,3-4,12H2,1-2H3. The molecule has 84 valence electrons.